The highest BCUT2D eigenvalue weighted by atomic mass is 19.4. The van der Waals surface area contributed by atoms with Gasteiger partial charge in [-0.05, 0) is 47.2 Å². The fourth-order valence-corrected chi connectivity index (χ4v) is 4.31. The van der Waals surface area contributed by atoms with Gasteiger partial charge in [-0.3, -0.25) is 4.79 Å². The van der Waals surface area contributed by atoms with Crippen LogP contribution in [0.3, 0.4) is 0 Å². The van der Waals surface area contributed by atoms with E-state index in [1.165, 1.54) is 18.2 Å². The van der Waals surface area contributed by atoms with Crippen LogP contribution in [0, 0.1) is 0 Å². The van der Waals surface area contributed by atoms with Gasteiger partial charge in [-0.25, -0.2) is 4.79 Å². The van der Waals surface area contributed by atoms with Crippen molar-refractivity contribution >= 4 is 17.6 Å². The molecular weight excluding hydrogens is 567 g/mol. The monoisotopic (exact) mass is 605 g/mol. The molecule has 0 bridgehead atoms. The highest BCUT2D eigenvalue weighted by molar-refractivity contribution is 5.99. The summed E-state index contributed by atoms with van der Waals surface area (Å²) in [7, 11) is 0. The topological polar surface area (TPSA) is 55.8 Å². The number of alkyl halides is 3. The average Bonchev–Trinajstić information content (AvgIpc) is 3.05. The molecule has 0 aliphatic rings. The molecule has 0 heterocycles. The second-order valence-corrected chi connectivity index (χ2v) is 9.83. The van der Waals surface area contributed by atoms with E-state index in [4.69, 9.17) is 9.47 Å². The lowest BCUT2D eigenvalue weighted by atomic mass is 10.1. The Hall–Kier alpha value is -4.59. The van der Waals surface area contributed by atoms with Gasteiger partial charge in [0.2, 0.25) is 0 Å². The van der Waals surface area contributed by atoms with Gasteiger partial charge in [0.05, 0.1) is 6.54 Å². The molecule has 232 valence electrons. The average molecular weight is 606 g/mol. The maximum atomic E-state index is 13.7. The molecule has 8 heteroatoms. The summed E-state index contributed by atoms with van der Waals surface area (Å²) >= 11 is 0. The number of carbonyl (C=O) groups excluding carboxylic acids is 2. The molecule has 0 saturated heterocycles. The first kappa shape index (κ1) is 33.9. The van der Waals surface area contributed by atoms with Gasteiger partial charge in [0.25, 0.3) is 0 Å². The fraction of sp³-hybridized carbons (Fsp3) is 0.278. The van der Waals surface area contributed by atoms with Crippen LogP contribution in [-0.4, -0.2) is 18.1 Å². The molecule has 0 spiro atoms. The number of rotatable bonds is 12. The summed E-state index contributed by atoms with van der Waals surface area (Å²) in [5.41, 5.74) is 3.14. The first-order valence-corrected chi connectivity index (χ1v) is 14.7. The Morgan fingerprint density at radius 2 is 1.30 bits per heavy atom. The van der Waals surface area contributed by atoms with Gasteiger partial charge in [-0.15, -0.1) is 0 Å². The number of aryl methyl sites for hydroxylation is 1. The lowest BCUT2D eigenvalue weighted by molar-refractivity contribution is -0.170. The quantitative estimate of drug-likeness (QED) is 0.151. The van der Waals surface area contributed by atoms with Crippen LogP contribution >= 0.6 is 0 Å². The Morgan fingerprint density at radius 1 is 0.727 bits per heavy atom. The minimum absolute atomic E-state index is 0.00398. The van der Waals surface area contributed by atoms with Crippen LogP contribution in [-0.2, 0) is 35.7 Å². The predicted octanol–water partition coefficient (Wildman–Crippen LogP) is 9.09. The molecule has 0 atom stereocenters. The van der Waals surface area contributed by atoms with Crippen LogP contribution < -0.4 is 9.64 Å². The lowest BCUT2D eigenvalue weighted by Gasteiger charge is -2.25. The Bertz CT molecular complexity index is 1460. The Kier molecular flexibility index (Phi) is 13.0. The van der Waals surface area contributed by atoms with E-state index in [-0.39, 0.29) is 36.8 Å². The summed E-state index contributed by atoms with van der Waals surface area (Å²) in [5, 5.41) is 0. The van der Waals surface area contributed by atoms with Gasteiger partial charge in [-0.1, -0.05) is 112 Å². The van der Waals surface area contributed by atoms with Crippen LogP contribution in [0.1, 0.15) is 66.2 Å². The molecule has 0 saturated carbocycles. The molecule has 0 unspecified atom stereocenters. The Balaban J connectivity index is 0.00000259. The third-order valence-electron chi connectivity index (χ3n) is 6.62. The minimum Gasteiger partial charge on any atom is -0.488 e. The van der Waals surface area contributed by atoms with Crippen LogP contribution in [0.4, 0.5) is 18.9 Å². The number of ether oxygens (including phenoxy) is 2. The third kappa shape index (κ3) is 10.0. The van der Waals surface area contributed by atoms with E-state index in [2.05, 4.69) is 6.92 Å². The number of halogens is 3. The van der Waals surface area contributed by atoms with E-state index in [0.717, 1.165) is 36.0 Å². The molecule has 1 amide bonds. The zero-order valence-electron chi connectivity index (χ0n) is 25.3. The fourth-order valence-electron chi connectivity index (χ4n) is 4.31. The SMILES string of the molecule is CC.CCCCc1ccc(CN(C(=O)C(F)(F)F)c2ccc(C(=O)OCc3ccccc3)c(OCc3ccccc3)c2)cc1. The van der Waals surface area contributed by atoms with Crippen molar-refractivity contribution in [2.75, 3.05) is 4.90 Å². The van der Waals surface area contributed by atoms with Crippen molar-refractivity contribution in [2.24, 2.45) is 0 Å². The van der Waals surface area contributed by atoms with Crippen LogP contribution in [0.5, 0.6) is 5.75 Å². The first-order valence-electron chi connectivity index (χ1n) is 14.7. The number of amides is 1. The second kappa shape index (κ2) is 16.9. The molecule has 0 aliphatic carbocycles. The largest absolute Gasteiger partial charge is 0.488 e. The van der Waals surface area contributed by atoms with Crippen LogP contribution in [0.25, 0.3) is 0 Å². The molecule has 4 aromatic carbocycles. The highest BCUT2D eigenvalue weighted by Crippen LogP contribution is 2.32. The summed E-state index contributed by atoms with van der Waals surface area (Å²) in [6.07, 6.45) is -2.21. The summed E-state index contributed by atoms with van der Waals surface area (Å²) in [6.45, 7) is 5.82. The van der Waals surface area contributed by atoms with Crippen molar-refractivity contribution in [3.63, 3.8) is 0 Å². The van der Waals surface area contributed by atoms with E-state index in [0.29, 0.717) is 10.5 Å². The Morgan fingerprint density at radius 3 is 1.86 bits per heavy atom. The van der Waals surface area contributed by atoms with Crippen LogP contribution in [0.2, 0.25) is 0 Å². The molecule has 4 rings (SSSR count). The normalized spacial score (nSPS) is 10.8. The number of anilines is 1. The number of esters is 1. The van der Waals surface area contributed by atoms with E-state index in [9.17, 15) is 22.8 Å². The maximum Gasteiger partial charge on any atom is 0.471 e. The zero-order chi connectivity index (χ0) is 32.0. The molecular formula is C36H38F3NO4. The number of unbranched alkanes of at least 4 members (excludes halogenated alkanes) is 1. The number of hydrogen-bond donors (Lipinski definition) is 0. The van der Waals surface area contributed by atoms with Crippen molar-refractivity contribution < 1.29 is 32.2 Å². The van der Waals surface area contributed by atoms with E-state index < -0.39 is 18.1 Å². The molecule has 5 nitrogen and oxygen atoms in total. The number of carbonyl (C=O) groups is 2. The van der Waals surface area contributed by atoms with Crippen LogP contribution in [0.15, 0.2) is 103 Å². The van der Waals surface area contributed by atoms with Gasteiger partial charge < -0.3 is 14.4 Å². The zero-order valence-corrected chi connectivity index (χ0v) is 25.3. The number of hydrogen-bond acceptors (Lipinski definition) is 4. The van der Waals surface area contributed by atoms with Crippen molar-refractivity contribution in [3.8, 4) is 5.75 Å². The standard InChI is InChI=1S/C34H32F3NO4.C2H6/c1-2-3-10-25-15-17-26(18-16-25)22-38(33(40)34(35,36)37)29-19-20-30(32(39)42-24-28-13-8-5-9-14-28)31(21-29)41-23-27-11-6-4-7-12-27;1-2/h4-9,11-21H,2-3,10,22-24H2,1H3;1-2H3. The molecule has 0 radical (unpaired) electrons. The van der Waals surface area contributed by atoms with Gasteiger partial charge >= 0.3 is 18.1 Å². The molecule has 0 aliphatic heterocycles. The van der Waals surface area contributed by atoms with E-state index >= 15 is 0 Å². The lowest BCUT2D eigenvalue weighted by Crippen LogP contribution is -2.40. The van der Waals surface area contributed by atoms with E-state index in [1.807, 2.05) is 74.5 Å². The molecule has 0 fully saturated rings. The van der Waals surface area contributed by atoms with E-state index in [1.54, 1.807) is 24.3 Å². The summed E-state index contributed by atoms with van der Waals surface area (Å²) in [4.78, 5) is 26.3. The predicted molar refractivity (Wildman–Crippen MR) is 166 cm³/mol. The highest BCUT2D eigenvalue weighted by Gasteiger charge is 2.43. The van der Waals surface area contributed by atoms with Crippen molar-refractivity contribution in [1.29, 1.82) is 0 Å². The number of benzene rings is 4. The molecule has 0 N–H and O–H groups in total. The second-order valence-electron chi connectivity index (χ2n) is 9.83. The summed E-state index contributed by atoms with van der Waals surface area (Å²) in [6, 6.07) is 29.3. The molecule has 4 aromatic rings. The van der Waals surface area contributed by atoms with Crippen molar-refractivity contribution in [1.82, 2.24) is 0 Å². The summed E-state index contributed by atoms with van der Waals surface area (Å²) < 4.78 is 52.6. The minimum atomic E-state index is -5.11. The molecule has 0 aromatic heterocycles. The van der Waals surface area contributed by atoms with Gasteiger partial charge in [0, 0.05) is 11.8 Å². The van der Waals surface area contributed by atoms with Gasteiger partial charge in [-0.2, -0.15) is 13.2 Å². The third-order valence-corrected chi connectivity index (χ3v) is 6.62. The summed E-state index contributed by atoms with van der Waals surface area (Å²) in [5.74, 6) is -2.72. The smallest absolute Gasteiger partial charge is 0.471 e. The molecule has 44 heavy (non-hydrogen) atoms. The number of nitrogens with zero attached hydrogens (tertiary/aromatic N) is 1. The Labute approximate surface area is 257 Å². The maximum absolute atomic E-state index is 13.7. The van der Waals surface area contributed by atoms with Gasteiger partial charge in [0.1, 0.15) is 24.5 Å². The van der Waals surface area contributed by atoms with Crippen molar-refractivity contribution in [2.45, 2.75) is 66.0 Å². The first-order chi connectivity index (χ1) is 21.2. The van der Waals surface area contributed by atoms with Crippen molar-refractivity contribution in [3.05, 3.63) is 131 Å². The van der Waals surface area contributed by atoms with Gasteiger partial charge in [0.15, 0.2) is 0 Å².